The first kappa shape index (κ1) is 21.8. The zero-order chi connectivity index (χ0) is 19.7. The Bertz CT molecular complexity index is 481. The lowest BCUT2D eigenvalue weighted by Gasteiger charge is -2.40. The van der Waals surface area contributed by atoms with E-state index in [0.29, 0.717) is 25.6 Å². The van der Waals surface area contributed by atoms with Gasteiger partial charge in [-0.3, -0.25) is 4.99 Å². The predicted molar refractivity (Wildman–Crippen MR) is 105 cm³/mol. The number of nitrogens with zero attached hydrogens (tertiary/aromatic N) is 2. The van der Waals surface area contributed by atoms with Crippen LogP contribution in [-0.2, 0) is 14.2 Å². The van der Waals surface area contributed by atoms with Crippen molar-refractivity contribution in [2.45, 2.75) is 52.2 Å². The first-order valence-electron chi connectivity index (χ1n) is 10.1. The molecule has 1 amide bonds. The van der Waals surface area contributed by atoms with E-state index in [9.17, 15) is 4.79 Å². The molecule has 2 aliphatic rings. The molecule has 2 fully saturated rings. The van der Waals surface area contributed by atoms with Crippen molar-refractivity contribution in [3.8, 4) is 0 Å². The monoisotopic (exact) mass is 384 g/mol. The number of rotatable bonds is 8. The summed E-state index contributed by atoms with van der Waals surface area (Å²) < 4.78 is 16.4. The Kier molecular flexibility index (Phi) is 8.63. The molecule has 1 unspecified atom stereocenters. The second kappa shape index (κ2) is 10.7. The zero-order valence-corrected chi connectivity index (χ0v) is 17.3. The molecule has 0 spiro atoms. The average Bonchev–Trinajstić information content (AvgIpc) is 3.05. The topological polar surface area (TPSA) is 84.4 Å². The number of amides is 1. The summed E-state index contributed by atoms with van der Waals surface area (Å²) in [7, 11) is 0. The number of hydrogen-bond donors (Lipinski definition) is 2. The Labute approximate surface area is 163 Å². The minimum atomic E-state index is -0.459. The molecule has 8 heteroatoms. The van der Waals surface area contributed by atoms with E-state index in [0.717, 1.165) is 51.8 Å². The first-order valence-corrected chi connectivity index (χ1v) is 10.1. The first-order chi connectivity index (χ1) is 12.9. The molecule has 0 aromatic rings. The normalized spacial score (nSPS) is 21.1. The summed E-state index contributed by atoms with van der Waals surface area (Å²) in [6.45, 7) is 13.6. The molecule has 2 rings (SSSR count). The van der Waals surface area contributed by atoms with Crippen molar-refractivity contribution in [2.75, 3.05) is 52.6 Å². The smallest absolute Gasteiger partial charge is 0.410 e. The summed E-state index contributed by atoms with van der Waals surface area (Å²) in [5.41, 5.74) is -0.459. The van der Waals surface area contributed by atoms with Gasteiger partial charge in [-0.1, -0.05) is 0 Å². The van der Waals surface area contributed by atoms with Crippen molar-refractivity contribution in [1.82, 2.24) is 15.5 Å². The summed E-state index contributed by atoms with van der Waals surface area (Å²) in [5, 5.41) is 6.62. The number of carbonyl (C=O) groups excluding carboxylic acids is 1. The lowest BCUT2D eigenvalue weighted by atomic mass is 10.1. The summed E-state index contributed by atoms with van der Waals surface area (Å²) in [5.74, 6) is 1.34. The largest absolute Gasteiger partial charge is 0.444 e. The van der Waals surface area contributed by atoms with Crippen LogP contribution in [0.3, 0.4) is 0 Å². The van der Waals surface area contributed by atoms with Crippen molar-refractivity contribution in [3.63, 3.8) is 0 Å². The standard InChI is InChI=1S/C19H36N4O4/c1-5-20-17(21-8-6-9-25-13-15-7-10-26-14-15)22-16-11-23(12-16)18(24)27-19(2,3)4/h15-16H,5-14H2,1-4H3,(H2,20,21,22). The number of ether oxygens (including phenoxy) is 3. The van der Waals surface area contributed by atoms with Crippen LogP contribution in [0.2, 0.25) is 0 Å². The maximum Gasteiger partial charge on any atom is 0.410 e. The molecular formula is C19H36N4O4. The van der Waals surface area contributed by atoms with Crippen LogP contribution < -0.4 is 10.6 Å². The van der Waals surface area contributed by atoms with E-state index in [-0.39, 0.29) is 12.1 Å². The Morgan fingerprint density at radius 1 is 1.33 bits per heavy atom. The molecule has 1 atom stereocenters. The van der Waals surface area contributed by atoms with E-state index in [4.69, 9.17) is 14.2 Å². The molecule has 2 aliphatic heterocycles. The molecule has 0 bridgehead atoms. The number of aliphatic imine (C=N–C) groups is 1. The van der Waals surface area contributed by atoms with Crippen LogP contribution in [0.5, 0.6) is 0 Å². The highest BCUT2D eigenvalue weighted by molar-refractivity contribution is 5.80. The third-order valence-corrected chi connectivity index (χ3v) is 4.31. The van der Waals surface area contributed by atoms with Crippen molar-refractivity contribution in [2.24, 2.45) is 10.9 Å². The van der Waals surface area contributed by atoms with Crippen LogP contribution in [0.1, 0.15) is 40.5 Å². The molecule has 2 N–H and O–H groups in total. The number of guanidine groups is 1. The summed E-state index contributed by atoms with van der Waals surface area (Å²) in [4.78, 5) is 18.3. The number of hydrogen-bond acceptors (Lipinski definition) is 5. The third-order valence-electron chi connectivity index (χ3n) is 4.31. The predicted octanol–water partition coefficient (Wildman–Crippen LogP) is 1.60. The van der Waals surface area contributed by atoms with Gasteiger partial charge in [-0.05, 0) is 40.5 Å². The summed E-state index contributed by atoms with van der Waals surface area (Å²) in [6.07, 6.45) is 1.74. The van der Waals surface area contributed by atoms with Crippen molar-refractivity contribution in [3.05, 3.63) is 0 Å². The number of carbonyl (C=O) groups is 1. The second-order valence-electron chi connectivity index (χ2n) is 8.15. The van der Waals surface area contributed by atoms with Gasteiger partial charge in [0.05, 0.1) is 19.3 Å². The molecule has 2 saturated heterocycles. The Morgan fingerprint density at radius 3 is 2.74 bits per heavy atom. The van der Waals surface area contributed by atoms with Crippen molar-refractivity contribution in [1.29, 1.82) is 0 Å². The summed E-state index contributed by atoms with van der Waals surface area (Å²) >= 11 is 0. The van der Waals surface area contributed by atoms with Gasteiger partial charge in [0.15, 0.2) is 5.96 Å². The molecule has 0 aliphatic carbocycles. The number of nitrogens with one attached hydrogen (secondary N) is 2. The molecule has 8 nitrogen and oxygen atoms in total. The zero-order valence-electron chi connectivity index (χ0n) is 17.3. The number of likely N-dealkylation sites (tertiary alicyclic amines) is 1. The van der Waals surface area contributed by atoms with Gasteiger partial charge in [-0.25, -0.2) is 4.79 Å². The van der Waals surface area contributed by atoms with E-state index in [2.05, 4.69) is 15.6 Å². The quantitative estimate of drug-likeness (QED) is 0.376. The van der Waals surface area contributed by atoms with E-state index < -0.39 is 5.60 Å². The fourth-order valence-corrected chi connectivity index (χ4v) is 2.88. The van der Waals surface area contributed by atoms with Gasteiger partial charge >= 0.3 is 6.09 Å². The molecule has 0 radical (unpaired) electrons. The Balaban J connectivity index is 1.60. The Morgan fingerprint density at radius 2 is 2.11 bits per heavy atom. The lowest BCUT2D eigenvalue weighted by Crippen LogP contribution is -2.63. The lowest BCUT2D eigenvalue weighted by molar-refractivity contribution is 0.00700. The van der Waals surface area contributed by atoms with Crippen LogP contribution in [-0.4, -0.2) is 81.2 Å². The molecule has 156 valence electrons. The van der Waals surface area contributed by atoms with Crippen LogP contribution >= 0.6 is 0 Å². The molecule has 0 aromatic carbocycles. The van der Waals surface area contributed by atoms with Crippen LogP contribution in [0, 0.1) is 5.92 Å². The highest BCUT2D eigenvalue weighted by Gasteiger charge is 2.34. The average molecular weight is 385 g/mol. The molecule has 0 saturated carbocycles. The van der Waals surface area contributed by atoms with E-state index in [1.165, 1.54) is 0 Å². The van der Waals surface area contributed by atoms with E-state index in [1.807, 2.05) is 27.7 Å². The van der Waals surface area contributed by atoms with Gasteiger partial charge in [0.1, 0.15) is 5.60 Å². The fraction of sp³-hybridized carbons (Fsp3) is 0.895. The second-order valence-corrected chi connectivity index (χ2v) is 8.15. The molecular weight excluding hydrogens is 348 g/mol. The van der Waals surface area contributed by atoms with Crippen molar-refractivity contribution < 1.29 is 19.0 Å². The van der Waals surface area contributed by atoms with Crippen LogP contribution in [0.25, 0.3) is 0 Å². The van der Waals surface area contributed by atoms with Gasteiger partial charge in [0.25, 0.3) is 0 Å². The molecule has 2 heterocycles. The highest BCUT2D eigenvalue weighted by atomic mass is 16.6. The third kappa shape index (κ3) is 8.34. The SMILES string of the molecule is CCNC(=NCCCOCC1CCOC1)NC1CN(C(=O)OC(C)(C)C)C1. The van der Waals surface area contributed by atoms with Crippen molar-refractivity contribution >= 4 is 12.1 Å². The van der Waals surface area contributed by atoms with Gasteiger partial charge in [0, 0.05) is 45.3 Å². The fourth-order valence-electron chi connectivity index (χ4n) is 2.88. The molecule has 27 heavy (non-hydrogen) atoms. The minimum Gasteiger partial charge on any atom is -0.444 e. The molecule has 0 aromatic heterocycles. The maximum absolute atomic E-state index is 12.0. The highest BCUT2D eigenvalue weighted by Crippen LogP contribution is 2.15. The summed E-state index contributed by atoms with van der Waals surface area (Å²) in [6, 6.07) is 0.203. The Hall–Kier alpha value is -1.54. The van der Waals surface area contributed by atoms with Gasteiger partial charge in [0.2, 0.25) is 0 Å². The maximum atomic E-state index is 12.0. The van der Waals surface area contributed by atoms with Gasteiger partial charge in [-0.2, -0.15) is 0 Å². The van der Waals surface area contributed by atoms with Crippen LogP contribution in [0.15, 0.2) is 4.99 Å². The van der Waals surface area contributed by atoms with Gasteiger partial charge in [-0.15, -0.1) is 0 Å². The van der Waals surface area contributed by atoms with Crippen LogP contribution in [0.4, 0.5) is 4.79 Å². The minimum absolute atomic E-state index is 0.203. The van der Waals surface area contributed by atoms with E-state index >= 15 is 0 Å². The van der Waals surface area contributed by atoms with Gasteiger partial charge < -0.3 is 29.7 Å². The van der Waals surface area contributed by atoms with E-state index in [1.54, 1.807) is 4.90 Å².